The molecule has 0 bridgehead atoms. The average molecular weight is 278 g/mol. The van der Waals surface area contributed by atoms with Gasteiger partial charge in [-0.2, -0.15) is 0 Å². The van der Waals surface area contributed by atoms with E-state index in [0.29, 0.717) is 5.92 Å². The lowest BCUT2D eigenvalue weighted by Crippen LogP contribution is -2.41. The van der Waals surface area contributed by atoms with Gasteiger partial charge in [0.15, 0.2) is 0 Å². The van der Waals surface area contributed by atoms with Crippen LogP contribution in [-0.4, -0.2) is 38.3 Å². The Morgan fingerprint density at radius 1 is 1.25 bits per heavy atom. The largest absolute Gasteiger partial charge is 0.497 e. The van der Waals surface area contributed by atoms with Crippen LogP contribution >= 0.6 is 0 Å². The molecule has 2 atom stereocenters. The number of benzene rings is 1. The summed E-state index contributed by atoms with van der Waals surface area (Å²) < 4.78 is 10.7. The minimum absolute atomic E-state index is 0.276. The van der Waals surface area contributed by atoms with E-state index in [1.165, 1.54) is 18.4 Å². The molecule has 2 rings (SSSR count). The minimum atomic E-state index is 0.276. The Morgan fingerprint density at radius 2 is 1.90 bits per heavy atom. The van der Waals surface area contributed by atoms with Gasteiger partial charge in [-0.25, -0.2) is 0 Å². The highest BCUT2D eigenvalue weighted by molar-refractivity contribution is 5.38. The highest BCUT2D eigenvalue weighted by atomic mass is 16.5. The molecular weight excluding hydrogens is 252 g/mol. The summed E-state index contributed by atoms with van der Waals surface area (Å²) in [5, 5.41) is 0. The quantitative estimate of drug-likeness (QED) is 0.897. The van der Waals surface area contributed by atoms with Crippen molar-refractivity contribution in [1.82, 2.24) is 4.90 Å². The van der Waals surface area contributed by atoms with E-state index in [-0.39, 0.29) is 6.04 Å². The molecule has 0 saturated carbocycles. The van der Waals surface area contributed by atoms with E-state index in [0.717, 1.165) is 31.1 Å². The van der Waals surface area contributed by atoms with E-state index < -0.39 is 0 Å². The van der Waals surface area contributed by atoms with Crippen LogP contribution in [0.5, 0.6) is 11.5 Å². The van der Waals surface area contributed by atoms with Gasteiger partial charge in [0.2, 0.25) is 0 Å². The van der Waals surface area contributed by atoms with E-state index in [9.17, 15) is 0 Å². The lowest BCUT2D eigenvalue weighted by atomic mass is 9.92. The van der Waals surface area contributed by atoms with Gasteiger partial charge in [-0.1, -0.05) is 0 Å². The molecule has 1 aliphatic rings. The molecule has 20 heavy (non-hydrogen) atoms. The van der Waals surface area contributed by atoms with Gasteiger partial charge in [0.1, 0.15) is 11.5 Å². The summed E-state index contributed by atoms with van der Waals surface area (Å²) in [5.74, 6) is 2.30. The second-order valence-electron chi connectivity index (χ2n) is 5.72. The van der Waals surface area contributed by atoms with Crippen molar-refractivity contribution in [2.45, 2.75) is 32.4 Å². The van der Waals surface area contributed by atoms with Gasteiger partial charge in [0.25, 0.3) is 0 Å². The van der Waals surface area contributed by atoms with Gasteiger partial charge >= 0.3 is 0 Å². The summed E-state index contributed by atoms with van der Waals surface area (Å²) in [7, 11) is 3.37. The number of likely N-dealkylation sites (tertiary alicyclic amines) is 1. The molecule has 112 valence electrons. The van der Waals surface area contributed by atoms with Crippen molar-refractivity contribution in [2.75, 3.05) is 27.3 Å². The lowest BCUT2D eigenvalue weighted by Gasteiger charge is -2.34. The van der Waals surface area contributed by atoms with Crippen LogP contribution in [0.4, 0.5) is 0 Å². The van der Waals surface area contributed by atoms with Crippen molar-refractivity contribution >= 4 is 0 Å². The molecule has 2 unspecified atom stereocenters. The number of nitrogens with zero attached hydrogens (tertiary/aromatic N) is 1. The fraction of sp³-hybridized carbons (Fsp3) is 0.625. The molecule has 1 heterocycles. The van der Waals surface area contributed by atoms with E-state index >= 15 is 0 Å². The first-order chi connectivity index (χ1) is 9.62. The fourth-order valence-electron chi connectivity index (χ4n) is 2.88. The van der Waals surface area contributed by atoms with E-state index in [2.05, 4.69) is 24.0 Å². The third-order valence-electron chi connectivity index (χ3n) is 4.10. The van der Waals surface area contributed by atoms with E-state index in [1.807, 2.05) is 6.07 Å². The van der Waals surface area contributed by atoms with Crippen LogP contribution < -0.4 is 15.2 Å². The summed E-state index contributed by atoms with van der Waals surface area (Å²) >= 11 is 0. The maximum atomic E-state index is 6.05. The molecule has 1 aromatic carbocycles. The molecule has 2 N–H and O–H groups in total. The monoisotopic (exact) mass is 278 g/mol. The molecule has 0 aliphatic carbocycles. The lowest BCUT2D eigenvalue weighted by molar-refractivity contribution is 0.154. The third kappa shape index (κ3) is 3.87. The Morgan fingerprint density at radius 3 is 2.45 bits per heavy atom. The Hall–Kier alpha value is -1.26. The van der Waals surface area contributed by atoms with Crippen LogP contribution in [0.15, 0.2) is 18.2 Å². The first-order valence-electron chi connectivity index (χ1n) is 7.32. The maximum absolute atomic E-state index is 6.05. The predicted molar refractivity (Wildman–Crippen MR) is 81.2 cm³/mol. The number of rotatable bonds is 5. The number of hydrogen-bond donors (Lipinski definition) is 1. The van der Waals surface area contributed by atoms with Crippen LogP contribution in [0.2, 0.25) is 0 Å². The Bertz CT molecular complexity index is 412. The van der Waals surface area contributed by atoms with Crippen molar-refractivity contribution in [3.63, 3.8) is 0 Å². The van der Waals surface area contributed by atoms with Crippen LogP contribution in [0.25, 0.3) is 0 Å². The summed E-state index contributed by atoms with van der Waals surface area (Å²) in [6, 6.07) is 6.35. The molecule has 1 aromatic rings. The molecule has 0 radical (unpaired) electrons. The maximum Gasteiger partial charge on any atom is 0.122 e. The van der Waals surface area contributed by atoms with Crippen LogP contribution in [0.1, 0.15) is 25.3 Å². The molecular formula is C16H26N2O2. The van der Waals surface area contributed by atoms with Crippen LogP contribution in [-0.2, 0) is 6.54 Å². The third-order valence-corrected chi connectivity index (χ3v) is 4.10. The standard InChI is InChI=1S/C16H26N2O2/c1-12(17)14-5-4-6-18(11-14)10-13-7-15(19-2)9-16(8-13)20-3/h7-9,12,14H,4-6,10-11,17H2,1-3H3. The predicted octanol–water partition coefficient (Wildman–Crippen LogP) is 2.26. The van der Waals surface area contributed by atoms with E-state index in [4.69, 9.17) is 15.2 Å². The zero-order valence-electron chi connectivity index (χ0n) is 12.8. The number of methoxy groups -OCH3 is 2. The van der Waals surface area contributed by atoms with Crippen molar-refractivity contribution in [1.29, 1.82) is 0 Å². The molecule has 1 aliphatic heterocycles. The number of hydrogen-bond acceptors (Lipinski definition) is 4. The SMILES string of the molecule is COc1cc(CN2CCCC(C(C)N)C2)cc(OC)c1. The highest BCUT2D eigenvalue weighted by Gasteiger charge is 2.22. The smallest absolute Gasteiger partial charge is 0.122 e. The zero-order chi connectivity index (χ0) is 14.5. The number of ether oxygens (including phenoxy) is 2. The first kappa shape index (κ1) is 15.1. The van der Waals surface area contributed by atoms with Gasteiger partial charge in [-0.15, -0.1) is 0 Å². The summed E-state index contributed by atoms with van der Waals surface area (Å²) in [4.78, 5) is 2.48. The van der Waals surface area contributed by atoms with Crippen molar-refractivity contribution in [3.05, 3.63) is 23.8 Å². The second-order valence-corrected chi connectivity index (χ2v) is 5.72. The molecule has 1 saturated heterocycles. The van der Waals surface area contributed by atoms with Crippen molar-refractivity contribution in [3.8, 4) is 11.5 Å². The second kappa shape index (κ2) is 6.95. The molecule has 0 amide bonds. The first-order valence-corrected chi connectivity index (χ1v) is 7.32. The molecule has 1 fully saturated rings. The molecule has 0 aromatic heterocycles. The van der Waals surface area contributed by atoms with Crippen molar-refractivity contribution in [2.24, 2.45) is 11.7 Å². The molecule has 4 heteroatoms. The Labute approximate surface area is 121 Å². The van der Waals surface area contributed by atoms with Gasteiger partial charge in [0, 0.05) is 25.2 Å². The highest BCUT2D eigenvalue weighted by Crippen LogP contribution is 2.25. The minimum Gasteiger partial charge on any atom is -0.497 e. The van der Waals surface area contributed by atoms with Gasteiger partial charge in [-0.05, 0) is 49.9 Å². The molecule has 4 nitrogen and oxygen atoms in total. The van der Waals surface area contributed by atoms with Crippen LogP contribution in [0.3, 0.4) is 0 Å². The van der Waals surface area contributed by atoms with Gasteiger partial charge in [-0.3, -0.25) is 4.90 Å². The van der Waals surface area contributed by atoms with E-state index in [1.54, 1.807) is 14.2 Å². The summed E-state index contributed by atoms with van der Waals surface area (Å²) in [6.07, 6.45) is 2.48. The topological polar surface area (TPSA) is 47.7 Å². The normalized spacial score (nSPS) is 21.5. The van der Waals surface area contributed by atoms with Crippen molar-refractivity contribution < 1.29 is 9.47 Å². The van der Waals surface area contributed by atoms with Crippen LogP contribution in [0, 0.1) is 5.92 Å². The summed E-state index contributed by atoms with van der Waals surface area (Å²) in [6.45, 7) is 5.26. The molecule has 0 spiro atoms. The fourth-order valence-corrected chi connectivity index (χ4v) is 2.88. The summed E-state index contributed by atoms with van der Waals surface area (Å²) in [5.41, 5.74) is 7.28. The van der Waals surface area contributed by atoms with Gasteiger partial charge < -0.3 is 15.2 Å². The van der Waals surface area contributed by atoms with Gasteiger partial charge in [0.05, 0.1) is 14.2 Å². The Balaban J connectivity index is 2.05. The number of piperidine rings is 1. The Kier molecular flexibility index (Phi) is 5.26. The zero-order valence-corrected chi connectivity index (χ0v) is 12.8. The number of nitrogens with two attached hydrogens (primary N) is 1. The average Bonchev–Trinajstić information content (AvgIpc) is 2.47.